The van der Waals surface area contributed by atoms with Gasteiger partial charge in [0.05, 0.1) is 34.8 Å². The van der Waals surface area contributed by atoms with E-state index in [2.05, 4.69) is 5.32 Å². The second-order valence-electron chi connectivity index (χ2n) is 8.72. The zero-order valence-corrected chi connectivity index (χ0v) is 21.2. The molecule has 0 saturated heterocycles. The normalized spacial score (nSPS) is 12.4. The van der Waals surface area contributed by atoms with E-state index in [1.807, 2.05) is 0 Å². The summed E-state index contributed by atoms with van der Waals surface area (Å²) in [4.78, 5) is 33.3. The molecule has 1 heterocycles. The summed E-state index contributed by atoms with van der Waals surface area (Å²) in [5.74, 6) is -0.278. The van der Waals surface area contributed by atoms with Crippen molar-refractivity contribution in [2.45, 2.75) is 25.6 Å². The molecule has 7 nitrogen and oxygen atoms in total. The number of hydrogen-bond donors (Lipinski definition) is 1. The van der Waals surface area contributed by atoms with E-state index in [4.69, 9.17) is 9.72 Å². The Morgan fingerprint density at radius 1 is 1.08 bits per heavy atom. The van der Waals surface area contributed by atoms with Crippen molar-refractivity contribution in [3.63, 3.8) is 0 Å². The third-order valence-electron chi connectivity index (χ3n) is 6.19. The van der Waals surface area contributed by atoms with Crippen molar-refractivity contribution in [2.75, 3.05) is 25.6 Å². The van der Waals surface area contributed by atoms with Crippen molar-refractivity contribution < 1.29 is 27.1 Å². The minimum Gasteiger partial charge on any atom is -0.383 e. The van der Waals surface area contributed by atoms with Gasteiger partial charge in [0, 0.05) is 19.3 Å². The SMILES string of the molecule is CCC(c1nc2ccccc2c(=O)n1-c1ccc(F)cc1)N(CCOC)C(=O)Nc1cccc(C(F)(F)F)c1. The monoisotopic (exact) mass is 542 g/mol. The summed E-state index contributed by atoms with van der Waals surface area (Å²) in [6.07, 6.45) is -4.28. The van der Waals surface area contributed by atoms with Crippen molar-refractivity contribution >= 4 is 22.6 Å². The summed E-state index contributed by atoms with van der Waals surface area (Å²) >= 11 is 0. The number of anilines is 1. The molecule has 1 aromatic heterocycles. The number of amides is 2. The Balaban J connectivity index is 1.83. The van der Waals surface area contributed by atoms with Crippen LogP contribution in [0.5, 0.6) is 0 Å². The van der Waals surface area contributed by atoms with Crippen LogP contribution in [0.2, 0.25) is 0 Å². The van der Waals surface area contributed by atoms with Crippen LogP contribution in [-0.2, 0) is 10.9 Å². The van der Waals surface area contributed by atoms with Gasteiger partial charge in [-0.1, -0.05) is 25.1 Å². The first-order valence-corrected chi connectivity index (χ1v) is 12.2. The molecule has 0 radical (unpaired) electrons. The lowest BCUT2D eigenvalue weighted by Gasteiger charge is -2.32. The molecule has 1 N–H and O–H groups in total. The largest absolute Gasteiger partial charge is 0.416 e. The number of aromatic nitrogens is 2. The van der Waals surface area contributed by atoms with Gasteiger partial charge in [-0.25, -0.2) is 14.2 Å². The van der Waals surface area contributed by atoms with Gasteiger partial charge in [-0.15, -0.1) is 0 Å². The van der Waals surface area contributed by atoms with Gasteiger partial charge in [0.2, 0.25) is 0 Å². The van der Waals surface area contributed by atoms with E-state index < -0.39 is 35.2 Å². The number of methoxy groups -OCH3 is 1. The Bertz CT molecular complexity index is 1520. The predicted molar refractivity (Wildman–Crippen MR) is 139 cm³/mol. The van der Waals surface area contributed by atoms with Crippen LogP contribution >= 0.6 is 0 Å². The molecule has 11 heteroatoms. The molecule has 0 bridgehead atoms. The smallest absolute Gasteiger partial charge is 0.383 e. The lowest BCUT2D eigenvalue weighted by atomic mass is 10.1. The number of alkyl halides is 3. The van der Waals surface area contributed by atoms with E-state index >= 15 is 0 Å². The van der Waals surface area contributed by atoms with Crippen LogP contribution in [0.1, 0.15) is 30.8 Å². The van der Waals surface area contributed by atoms with Gasteiger partial charge in [-0.05, 0) is 61.0 Å². The highest BCUT2D eigenvalue weighted by Gasteiger charge is 2.32. The van der Waals surface area contributed by atoms with Gasteiger partial charge < -0.3 is 15.0 Å². The first-order chi connectivity index (χ1) is 18.6. The van der Waals surface area contributed by atoms with Crippen LogP contribution in [0.3, 0.4) is 0 Å². The number of halogens is 4. The lowest BCUT2D eigenvalue weighted by Crippen LogP contribution is -2.42. The third kappa shape index (κ3) is 6.09. The minimum atomic E-state index is -4.58. The highest BCUT2D eigenvalue weighted by Crippen LogP contribution is 2.31. The molecular formula is C28H26F4N4O3. The fraction of sp³-hybridized carbons (Fsp3) is 0.250. The number of nitrogens with one attached hydrogen (secondary N) is 1. The molecule has 4 rings (SSSR count). The highest BCUT2D eigenvalue weighted by atomic mass is 19.4. The Hall–Kier alpha value is -4.25. The molecule has 0 fully saturated rings. The number of carbonyl (C=O) groups excluding carboxylic acids is 1. The summed E-state index contributed by atoms with van der Waals surface area (Å²) < 4.78 is 59.9. The Kier molecular flexibility index (Phi) is 8.29. The zero-order chi connectivity index (χ0) is 28.2. The van der Waals surface area contributed by atoms with Gasteiger partial charge in [0.1, 0.15) is 11.6 Å². The molecule has 0 aliphatic heterocycles. The molecule has 1 atom stereocenters. The number of carbonyl (C=O) groups is 1. The number of urea groups is 1. The third-order valence-corrected chi connectivity index (χ3v) is 6.19. The first kappa shape index (κ1) is 27.8. The van der Waals surface area contributed by atoms with E-state index in [1.54, 1.807) is 31.2 Å². The lowest BCUT2D eigenvalue weighted by molar-refractivity contribution is -0.137. The number of rotatable bonds is 8. The van der Waals surface area contributed by atoms with Crippen LogP contribution in [0, 0.1) is 5.82 Å². The van der Waals surface area contributed by atoms with Gasteiger partial charge >= 0.3 is 12.2 Å². The van der Waals surface area contributed by atoms with Gasteiger partial charge in [-0.2, -0.15) is 13.2 Å². The molecule has 1 unspecified atom stereocenters. The molecule has 39 heavy (non-hydrogen) atoms. The molecular weight excluding hydrogens is 516 g/mol. The van der Waals surface area contributed by atoms with Crippen LogP contribution in [0.25, 0.3) is 16.6 Å². The van der Waals surface area contributed by atoms with Crippen molar-refractivity contribution in [1.82, 2.24) is 14.5 Å². The quantitative estimate of drug-likeness (QED) is 0.270. The second kappa shape index (κ2) is 11.6. The topological polar surface area (TPSA) is 76.5 Å². The number of benzene rings is 3. The molecule has 0 spiro atoms. The number of ether oxygens (including phenoxy) is 1. The minimum absolute atomic E-state index is 0.0468. The van der Waals surface area contributed by atoms with Gasteiger partial charge in [-0.3, -0.25) is 9.36 Å². The van der Waals surface area contributed by atoms with Crippen LogP contribution < -0.4 is 10.9 Å². The van der Waals surface area contributed by atoms with Gasteiger partial charge in [0.25, 0.3) is 5.56 Å². The maximum atomic E-state index is 13.7. The van der Waals surface area contributed by atoms with E-state index in [9.17, 15) is 27.2 Å². The summed E-state index contributed by atoms with van der Waals surface area (Å²) in [5, 5.41) is 2.86. The highest BCUT2D eigenvalue weighted by molar-refractivity contribution is 5.89. The van der Waals surface area contributed by atoms with Crippen molar-refractivity contribution in [2.24, 2.45) is 0 Å². The Labute approximate surface area is 221 Å². The summed E-state index contributed by atoms with van der Waals surface area (Å²) in [6.45, 7) is 1.95. The molecule has 0 aliphatic rings. The molecule has 2 amide bonds. The molecule has 3 aromatic carbocycles. The summed E-state index contributed by atoms with van der Waals surface area (Å²) in [7, 11) is 1.45. The number of hydrogen-bond acceptors (Lipinski definition) is 4. The number of para-hydroxylation sites is 1. The van der Waals surface area contributed by atoms with Crippen molar-refractivity contribution in [3.05, 3.63) is 100 Å². The molecule has 0 aliphatic carbocycles. The van der Waals surface area contributed by atoms with E-state index in [1.165, 1.54) is 53.0 Å². The Morgan fingerprint density at radius 2 is 1.79 bits per heavy atom. The molecule has 4 aromatic rings. The first-order valence-electron chi connectivity index (χ1n) is 12.2. The molecule has 0 saturated carbocycles. The van der Waals surface area contributed by atoms with Gasteiger partial charge in [0.15, 0.2) is 0 Å². The fourth-order valence-electron chi connectivity index (χ4n) is 4.31. The van der Waals surface area contributed by atoms with Crippen molar-refractivity contribution in [1.29, 1.82) is 0 Å². The Morgan fingerprint density at radius 3 is 2.46 bits per heavy atom. The maximum Gasteiger partial charge on any atom is 0.416 e. The standard InChI is InChI=1S/C28H26F4N4O3/c1-3-24(35(15-16-39-2)27(38)33-20-8-6-7-18(17-20)28(30,31)32)25-34-23-10-5-4-9-22(23)26(37)36(25)21-13-11-19(29)12-14-21/h4-14,17,24H,3,15-16H2,1-2H3,(H,33,38). The van der Waals surface area contributed by atoms with E-state index in [0.29, 0.717) is 23.0 Å². The number of nitrogens with zero attached hydrogens (tertiary/aromatic N) is 3. The van der Waals surface area contributed by atoms with E-state index in [0.717, 1.165) is 12.1 Å². The van der Waals surface area contributed by atoms with Crippen molar-refractivity contribution in [3.8, 4) is 5.69 Å². The van der Waals surface area contributed by atoms with Crippen LogP contribution in [0.4, 0.5) is 28.0 Å². The number of fused-ring (bicyclic) bond motifs is 1. The van der Waals surface area contributed by atoms with Crippen LogP contribution in [0.15, 0.2) is 77.6 Å². The van der Waals surface area contributed by atoms with Crippen LogP contribution in [-0.4, -0.2) is 40.7 Å². The maximum absolute atomic E-state index is 13.7. The summed E-state index contributed by atoms with van der Waals surface area (Å²) in [6, 6.07) is 14.8. The second-order valence-corrected chi connectivity index (χ2v) is 8.72. The van der Waals surface area contributed by atoms with E-state index in [-0.39, 0.29) is 24.7 Å². The summed E-state index contributed by atoms with van der Waals surface area (Å²) in [5.41, 5.74) is -0.616. The zero-order valence-electron chi connectivity index (χ0n) is 21.2. The average molecular weight is 543 g/mol. The molecule has 204 valence electrons. The average Bonchev–Trinajstić information content (AvgIpc) is 2.91. The predicted octanol–water partition coefficient (Wildman–Crippen LogP) is 6.18. The fourth-order valence-corrected chi connectivity index (χ4v) is 4.31.